The van der Waals surface area contributed by atoms with Crippen LogP contribution in [0.25, 0.3) is 10.9 Å². The van der Waals surface area contributed by atoms with E-state index in [1.54, 1.807) is 17.4 Å². The van der Waals surface area contributed by atoms with Gasteiger partial charge in [0.2, 0.25) is 0 Å². The number of thiazole rings is 1. The fourth-order valence-corrected chi connectivity index (χ4v) is 6.07. The first-order valence-electron chi connectivity index (χ1n) is 11.6. The number of hydrogen-bond acceptors (Lipinski definition) is 5. The molecule has 2 N–H and O–H groups in total. The number of halogens is 4. The Morgan fingerprint density at radius 3 is 2.80 bits per heavy atom. The highest BCUT2D eigenvalue weighted by atomic mass is 35.5. The quantitative estimate of drug-likeness (QED) is 0.431. The van der Waals surface area contributed by atoms with Gasteiger partial charge in [-0.3, -0.25) is 0 Å². The average molecular weight is 524 g/mol. The molecule has 0 bridgehead atoms. The number of nitrogens with one attached hydrogen (secondary N) is 2. The van der Waals surface area contributed by atoms with E-state index in [0.717, 1.165) is 47.3 Å². The second kappa shape index (κ2) is 9.46. The molecule has 1 aliphatic heterocycles. The van der Waals surface area contributed by atoms with Crippen LogP contribution >= 0.6 is 22.9 Å². The van der Waals surface area contributed by atoms with E-state index in [0.29, 0.717) is 35.6 Å². The number of rotatable bonds is 3. The van der Waals surface area contributed by atoms with Gasteiger partial charge < -0.3 is 15.5 Å². The van der Waals surface area contributed by atoms with Crippen molar-refractivity contribution in [3.63, 3.8) is 0 Å². The largest absolute Gasteiger partial charge is 0.433 e. The summed E-state index contributed by atoms with van der Waals surface area (Å²) in [6, 6.07) is 5.45. The van der Waals surface area contributed by atoms with E-state index in [-0.39, 0.29) is 23.6 Å². The first-order chi connectivity index (χ1) is 16.7. The second-order valence-electron chi connectivity index (χ2n) is 9.14. The first kappa shape index (κ1) is 24.1. The monoisotopic (exact) mass is 523 g/mol. The van der Waals surface area contributed by atoms with Gasteiger partial charge in [-0.15, -0.1) is 11.3 Å². The number of aromatic nitrogens is 2. The predicted molar refractivity (Wildman–Crippen MR) is 131 cm³/mol. The number of hydrogen-bond donors (Lipinski definition) is 2. The van der Waals surface area contributed by atoms with Crippen molar-refractivity contribution in [3.05, 3.63) is 50.6 Å². The van der Waals surface area contributed by atoms with E-state index in [1.807, 2.05) is 11.8 Å². The van der Waals surface area contributed by atoms with E-state index < -0.39 is 11.9 Å². The third-order valence-electron chi connectivity index (χ3n) is 6.55. The molecule has 1 aliphatic carbocycles. The zero-order chi connectivity index (χ0) is 24.7. The number of urea groups is 1. The summed E-state index contributed by atoms with van der Waals surface area (Å²) in [5.74, 6) is 0. The minimum Gasteiger partial charge on any atom is -0.382 e. The lowest BCUT2D eigenvalue weighted by Gasteiger charge is -2.34. The lowest BCUT2D eigenvalue weighted by atomic mass is 9.90. The molecule has 1 saturated carbocycles. The van der Waals surface area contributed by atoms with Crippen LogP contribution in [-0.4, -0.2) is 39.5 Å². The van der Waals surface area contributed by atoms with Crippen LogP contribution in [0, 0.1) is 6.92 Å². The third-order valence-corrected chi connectivity index (χ3v) is 7.78. The van der Waals surface area contributed by atoms with E-state index in [2.05, 4.69) is 20.6 Å². The van der Waals surface area contributed by atoms with Gasteiger partial charge in [-0.2, -0.15) is 13.2 Å². The summed E-state index contributed by atoms with van der Waals surface area (Å²) in [6.07, 6.45) is -0.697. The van der Waals surface area contributed by atoms with Gasteiger partial charge in [-0.1, -0.05) is 11.6 Å². The fraction of sp³-hybridized carbons (Fsp3) is 0.458. The molecular weight excluding hydrogens is 499 g/mol. The molecule has 2 atom stereocenters. The highest BCUT2D eigenvalue weighted by Crippen LogP contribution is 2.35. The maximum Gasteiger partial charge on any atom is 0.433 e. The number of fused-ring (bicyclic) bond motifs is 2. The molecule has 0 saturated heterocycles. The number of alkyl halides is 3. The van der Waals surface area contributed by atoms with Gasteiger partial charge in [0.25, 0.3) is 0 Å². The summed E-state index contributed by atoms with van der Waals surface area (Å²) in [7, 11) is 0. The molecule has 1 fully saturated rings. The molecule has 3 aromatic rings. The topological polar surface area (TPSA) is 70.2 Å². The van der Waals surface area contributed by atoms with Crippen LogP contribution < -0.4 is 10.6 Å². The maximum absolute atomic E-state index is 13.5. The number of carbonyl (C=O) groups excluding carboxylic acids is 1. The zero-order valence-electron chi connectivity index (χ0n) is 19.1. The Bertz CT molecular complexity index is 1260. The highest BCUT2D eigenvalue weighted by Gasteiger charge is 2.34. The Balaban J connectivity index is 1.28. The van der Waals surface area contributed by atoms with Crippen molar-refractivity contribution in [2.75, 3.05) is 11.9 Å². The normalized spacial score (nSPS) is 20.5. The number of aryl methyl sites for hydroxylation is 1. The van der Waals surface area contributed by atoms with Gasteiger partial charge in [0, 0.05) is 46.0 Å². The molecule has 2 aromatic heterocycles. The number of amides is 2. The van der Waals surface area contributed by atoms with E-state index >= 15 is 0 Å². The SMILES string of the molecule is Cc1nc2c(s1)CN(C(=O)N[C@@H]1CCC[C@H](Nc3cc(C(F)(F)F)nc4ccc(Cl)cc34)C1)CC2. The molecule has 2 amide bonds. The molecule has 1 aromatic carbocycles. The van der Waals surface area contributed by atoms with Crippen molar-refractivity contribution >= 4 is 45.6 Å². The number of pyridine rings is 1. The Kier molecular flexibility index (Phi) is 6.52. The van der Waals surface area contributed by atoms with Gasteiger partial charge >= 0.3 is 12.2 Å². The van der Waals surface area contributed by atoms with Crippen LogP contribution in [0.5, 0.6) is 0 Å². The highest BCUT2D eigenvalue weighted by molar-refractivity contribution is 7.11. The van der Waals surface area contributed by atoms with Crippen molar-refractivity contribution in [2.45, 2.75) is 63.8 Å². The summed E-state index contributed by atoms with van der Waals surface area (Å²) in [6.45, 7) is 3.16. The molecule has 11 heteroatoms. The summed E-state index contributed by atoms with van der Waals surface area (Å²) in [4.78, 5) is 24.2. The van der Waals surface area contributed by atoms with Crippen molar-refractivity contribution in [2.24, 2.45) is 0 Å². The molecule has 0 spiro atoms. The van der Waals surface area contributed by atoms with Gasteiger partial charge in [0.1, 0.15) is 5.69 Å². The lowest BCUT2D eigenvalue weighted by molar-refractivity contribution is -0.140. The minimum atomic E-state index is -4.56. The maximum atomic E-state index is 13.5. The van der Waals surface area contributed by atoms with Crippen molar-refractivity contribution in [1.82, 2.24) is 20.2 Å². The summed E-state index contributed by atoms with van der Waals surface area (Å²) < 4.78 is 40.4. The molecule has 0 radical (unpaired) electrons. The van der Waals surface area contributed by atoms with Gasteiger partial charge in [-0.05, 0) is 56.9 Å². The standard InChI is InChI=1S/C24H25ClF3N5OS/c1-13-29-19-7-8-33(12-21(19)35-13)23(34)31-16-4-2-3-15(10-16)30-20-11-22(24(26,27)28)32-18-6-5-14(25)9-17(18)20/h5-6,9,11,15-16H,2-4,7-8,10,12H2,1H3,(H,30,32)(H,31,34)/t15-,16+/m0/s1. The molecule has 3 heterocycles. The summed E-state index contributed by atoms with van der Waals surface area (Å²) in [5, 5.41) is 8.41. The van der Waals surface area contributed by atoms with Gasteiger partial charge in [0.05, 0.1) is 22.8 Å². The number of nitrogens with zero attached hydrogens (tertiary/aromatic N) is 3. The van der Waals surface area contributed by atoms with Crippen molar-refractivity contribution in [3.8, 4) is 0 Å². The van der Waals surface area contributed by atoms with E-state index in [1.165, 1.54) is 12.1 Å². The molecular formula is C24H25ClF3N5OS. The fourth-order valence-electron chi connectivity index (χ4n) is 4.90. The van der Waals surface area contributed by atoms with E-state index in [4.69, 9.17) is 11.6 Å². The number of carbonyl (C=O) groups is 1. The third kappa shape index (κ3) is 5.33. The Morgan fingerprint density at radius 1 is 1.20 bits per heavy atom. The summed E-state index contributed by atoms with van der Waals surface area (Å²) in [5.41, 5.74) is 0.723. The molecule has 186 valence electrons. The molecule has 2 aliphatic rings. The Morgan fingerprint density at radius 2 is 2.00 bits per heavy atom. The first-order valence-corrected chi connectivity index (χ1v) is 12.8. The Hall–Kier alpha value is -2.59. The van der Waals surface area contributed by atoms with Crippen molar-refractivity contribution < 1.29 is 18.0 Å². The average Bonchev–Trinajstić information content (AvgIpc) is 3.18. The lowest BCUT2D eigenvalue weighted by Crippen LogP contribution is -2.49. The second-order valence-corrected chi connectivity index (χ2v) is 10.9. The van der Waals surface area contributed by atoms with Crippen LogP contribution in [0.3, 0.4) is 0 Å². The van der Waals surface area contributed by atoms with Crippen LogP contribution in [0.2, 0.25) is 5.02 Å². The predicted octanol–water partition coefficient (Wildman–Crippen LogP) is 6.16. The van der Waals surface area contributed by atoms with Gasteiger partial charge in [-0.25, -0.2) is 14.8 Å². The van der Waals surface area contributed by atoms with E-state index in [9.17, 15) is 18.0 Å². The van der Waals surface area contributed by atoms with Crippen LogP contribution in [0.1, 0.15) is 47.0 Å². The molecule has 35 heavy (non-hydrogen) atoms. The molecule has 5 rings (SSSR count). The Labute approximate surface area is 209 Å². The van der Waals surface area contributed by atoms with Crippen LogP contribution in [0.15, 0.2) is 24.3 Å². The minimum absolute atomic E-state index is 0.0582. The van der Waals surface area contributed by atoms with Crippen LogP contribution in [0.4, 0.5) is 23.7 Å². The zero-order valence-corrected chi connectivity index (χ0v) is 20.7. The molecule has 6 nitrogen and oxygen atoms in total. The van der Waals surface area contributed by atoms with Gasteiger partial charge in [0.15, 0.2) is 0 Å². The summed E-state index contributed by atoms with van der Waals surface area (Å²) >= 11 is 7.74. The molecule has 0 unspecified atom stereocenters. The smallest absolute Gasteiger partial charge is 0.382 e. The number of anilines is 1. The van der Waals surface area contributed by atoms with Crippen LogP contribution in [-0.2, 0) is 19.1 Å². The van der Waals surface area contributed by atoms with Crippen molar-refractivity contribution in [1.29, 1.82) is 0 Å². The number of benzene rings is 1.